The van der Waals surface area contributed by atoms with Gasteiger partial charge in [-0.3, -0.25) is 0 Å². The number of hydrogen-bond acceptors (Lipinski definition) is 3. The molecule has 0 saturated carbocycles. The lowest BCUT2D eigenvalue weighted by Crippen LogP contribution is -2.14. The van der Waals surface area contributed by atoms with Crippen LogP contribution in [0, 0.1) is 0 Å². The van der Waals surface area contributed by atoms with Crippen LogP contribution >= 0.6 is 0 Å². The maximum absolute atomic E-state index is 8.86. The fourth-order valence-electron chi connectivity index (χ4n) is 1.96. The molecule has 0 aliphatic carbocycles. The van der Waals surface area contributed by atoms with E-state index in [9.17, 15) is 0 Å². The lowest BCUT2D eigenvalue weighted by atomic mass is 9.98. The fraction of sp³-hybridized carbons (Fsp3) is 0.133. The molecule has 0 radical (unpaired) electrons. The van der Waals surface area contributed by atoms with Crippen LogP contribution in [0.4, 0.5) is 5.69 Å². The first-order valence-electron chi connectivity index (χ1n) is 5.98. The Morgan fingerprint density at radius 2 is 1.84 bits per heavy atom. The maximum atomic E-state index is 8.86. The Bertz CT molecular complexity index is 606. The van der Waals surface area contributed by atoms with Crippen LogP contribution in [0.2, 0.25) is 0 Å². The van der Waals surface area contributed by atoms with Gasteiger partial charge in [-0.25, -0.2) is 0 Å². The second-order valence-electron chi connectivity index (χ2n) is 4.48. The van der Waals surface area contributed by atoms with Gasteiger partial charge in [0, 0.05) is 25.3 Å². The third kappa shape index (κ3) is 2.68. The third-order valence-corrected chi connectivity index (χ3v) is 2.98. The minimum Gasteiger partial charge on any atom is -0.409 e. The highest BCUT2D eigenvalue weighted by Gasteiger charge is 2.09. The number of nitrogens with zero attached hydrogens (tertiary/aromatic N) is 2. The van der Waals surface area contributed by atoms with Gasteiger partial charge in [0.2, 0.25) is 0 Å². The quantitative estimate of drug-likeness (QED) is 0.383. The summed E-state index contributed by atoms with van der Waals surface area (Å²) in [6, 6.07) is 15.7. The molecule has 3 N–H and O–H groups in total. The monoisotopic (exact) mass is 255 g/mol. The Labute approximate surface area is 112 Å². The summed E-state index contributed by atoms with van der Waals surface area (Å²) in [5, 5.41) is 11.9. The number of nitrogens with two attached hydrogens (primary N) is 1. The van der Waals surface area contributed by atoms with E-state index >= 15 is 0 Å². The molecule has 98 valence electrons. The molecule has 0 fully saturated rings. The number of oxime groups is 1. The molecule has 0 aliphatic heterocycles. The minimum atomic E-state index is 0.117. The molecule has 0 bridgehead atoms. The Morgan fingerprint density at radius 3 is 2.53 bits per heavy atom. The van der Waals surface area contributed by atoms with Crippen LogP contribution in [0.5, 0.6) is 0 Å². The first-order valence-corrected chi connectivity index (χ1v) is 5.98. The second-order valence-corrected chi connectivity index (χ2v) is 4.48. The van der Waals surface area contributed by atoms with E-state index in [2.05, 4.69) is 11.2 Å². The molecular weight excluding hydrogens is 238 g/mol. The van der Waals surface area contributed by atoms with Gasteiger partial charge in [0.1, 0.15) is 0 Å². The molecule has 2 rings (SSSR count). The van der Waals surface area contributed by atoms with Crippen molar-refractivity contribution in [3.63, 3.8) is 0 Å². The van der Waals surface area contributed by atoms with Crippen LogP contribution in [0.1, 0.15) is 5.56 Å². The lowest BCUT2D eigenvalue weighted by Gasteiger charge is -2.15. The van der Waals surface area contributed by atoms with Crippen molar-refractivity contribution in [3.05, 3.63) is 54.1 Å². The number of anilines is 1. The molecular formula is C15H17N3O. The number of rotatable bonds is 3. The molecule has 2 aromatic carbocycles. The van der Waals surface area contributed by atoms with Crippen molar-refractivity contribution in [3.8, 4) is 11.1 Å². The molecule has 0 atom stereocenters. The zero-order valence-corrected chi connectivity index (χ0v) is 11.0. The first kappa shape index (κ1) is 13.0. The van der Waals surface area contributed by atoms with Gasteiger partial charge < -0.3 is 15.8 Å². The van der Waals surface area contributed by atoms with Crippen LogP contribution in [-0.4, -0.2) is 25.1 Å². The molecule has 0 aliphatic rings. The van der Waals surface area contributed by atoms with Gasteiger partial charge in [0.25, 0.3) is 0 Å². The average Bonchev–Trinajstić information content (AvgIpc) is 2.46. The van der Waals surface area contributed by atoms with E-state index in [-0.39, 0.29) is 5.84 Å². The summed E-state index contributed by atoms with van der Waals surface area (Å²) in [5.74, 6) is 0.117. The smallest absolute Gasteiger partial charge is 0.170 e. The maximum Gasteiger partial charge on any atom is 0.170 e. The van der Waals surface area contributed by atoms with Crippen molar-refractivity contribution in [2.24, 2.45) is 10.9 Å². The molecule has 19 heavy (non-hydrogen) atoms. The van der Waals surface area contributed by atoms with Crippen molar-refractivity contribution in [1.29, 1.82) is 0 Å². The van der Waals surface area contributed by atoms with Gasteiger partial charge in [-0.2, -0.15) is 0 Å². The highest BCUT2D eigenvalue weighted by Crippen LogP contribution is 2.26. The number of hydrogen-bond donors (Lipinski definition) is 2. The Balaban J connectivity index is 2.56. The van der Waals surface area contributed by atoms with Gasteiger partial charge in [-0.1, -0.05) is 41.6 Å². The fourth-order valence-corrected chi connectivity index (χ4v) is 1.96. The van der Waals surface area contributed by atoms with Crippen LogP contribution in [-0.2, 0) is 0 Å². The van der Waals surface area contributed by atoms with Crippen molar-refractivity contribution in [2.45, 2.75) is 0 Å². The summed E-state index contributed by atoms with van der Waals surface area (Å²) in [6.45, 7) is 0. The molecule has 0 spiro atoms. The Hall–Kier alpha value is -2.49. The summed E-state index contributed by atoms with van der Waals surface area (Å²) >= 11 is 0. The predicted octanol–water partition coefficient (Wildman–Crippen LogP) is 2.51. The van der Waals surface area contributed by atoms with E-state index in [1.54, 1.807) is 0 Å². The Kier molecular flexibility index (Phi) is 3.71. The molecule has 0 amide bonds. The number of amidine groups is 1. The van der Waals surface area contributed by atoms with Crippen LogP contribution in [0.15, 0.2) is 53.7 Å². The SMILES string of the molecule is CN(C)c1cccc(-c2ccccc2C(N)=NO)c1. The highest BCUT2D eigenvalue weighted by molar-refractivity contribution is 6.03. The van der Waals surface area contributed by atoms with E-state index in [1.807, 2.05) is 61.5 Å². The van der Waals surface area contributed by atoms with Crippen molar-refractivity contribution < 1.29 is 5.21 Å². The predicted molar refractivity (Wildman–Crippen MR) is 78.7 cm³/mol. The summed E-state index contributed by atoms with van der Waals surface area (Å²) in [5.41, 5.74) is 9.53. The standard InChI is InChI=1S/C15H17N3O/c1-18(2)12-7-5-6-11(10-12)13-8-3-4-9-14(13)15(16)17-19/h3-10,19H,1-2H3,(H2,16,17). The molecule has 4 nitrogen and oxygen atoms in total. The van der Waals surface area contributed by atoms with Crippen molar-refractivity contribution in [1.82, 2.24) is 0 Å². The van der Waals surface area contributed by atoms with Crippen LogP contribution in [0.3, 0.4) is 0 Å². The molecule has 2 aromatic rings. The van der Waals surface area contributed by atoms with Gasteiger partial charge in [0.05, 0.1) is 0 Å². The summed E-state index contributed by atoms with van der Waals surface area (Å²) < 4.78 is 0. The van der Waals surface area contributed by atoms with E-state index in [0.29, 0.717) is 0 Å². The average molecular weight is 255 g/mol. The molecule has 0 saturated heterocycles. The zero-order chi connectivity index (χ0) is 13.8. The van der Waals surface area contributed by atoms with E-state index < -0.39 is 0 Å². The topological polar surface area (TPSA) is 61.8 Å². The number of benzene rings is 2. The third-order valence-electron chi connectivity index (χ3n) is 2.98. The normalized spacial score (nSPS) is 11.4. The van der Waals surface area contributed by atoms with Crippen LogP contribution < -0.4 is 10.6 Å². The highest BCUT2D eigenvalue weighted by atomic mass is 16.4. The van der Waals surface area contributed by atoms with Crippen LogP contribution in [0.25, 0.3) is 11.1 Å². The largest absolute Gasteiger partial charge is 0.409 e. The zero-order valence-electron chi connectivity index (χ0n) is 11.0. The first-order chi connectivity index (χ1) is 9.13. The summed E-state index contributed by atoms with van der Waals surface area (Å²) in [7, 11) is 3.99. The van der Waals surface area contributed by atoms with E-state index in [1.165, 1.54) is 0 Å². The van der Waals surface area contributed by atoms with E-state index in [0.717, 1.165) is 22.4 Å². The van der Waals surface area contributed by atoms with Gasteiger partial charge >= 0.3 is 0 Å². The molecule has 0 aromatic heterocycles. The second kappa shape index (κ2) is 5.44. The van der Waals surface area contributed by atoms with E-state index in [4.69, 9.17) is 10.9 Å². The minimum absolute atomic E-state index is 0.117. The molecule has 4 heteroatoms. The summed E-state index contributed by atoms with van der Waals surface area (Å²) in [4.78, 5) is 2.04. The molecule has 0 unspecified atom stereocenters. The van der Waals surface area contributed by atoms with Gasteiger partial charge in [0.15, 0.2) is 5.84 Å². The lowest BCUT2D eigenvalue weighted by molar-refractivity contribution is 0.318. The summed E-state index contributed by atoms with van der Waals surface area (Å²) in [6.07, 6.45) is 0. The van der Waals surface area contributed by atoms with Crippen molar-refractivity contribution in [2.75, 3.05) is 19.0 Å². The molecule has 0 heterocycles. The Morgan fingerprint density at radius 1 is 1.11 bits per heavy atom. The van der Waals surface area contributed by atoms with Crippen molar-refractivity contribution >= 4 is 11.5 Å². The van der Waals surface area contributed by atoms with Gasteiger partial charge in [-0.05, 0) is 23.3 Å². The van der Waals surface area contributed by atoms with Gasteiger partial charge in [-0.15, -0.1) is 0 Å².